The highest BCUT2D eigenvalue weighted by Gasteiger charge is 2.55. The predicted molar refractivity (Wildman–Crippen MR) is 92.6 cm³/mol. The second kappa shape index (κ2) is 7.14. The molecule has 148 valence electrons. The van der Waals surface area contributed by atoms with Gasteiger partial charge in [0.1, 0.15) is 12.1 Å². The zero-order chi connectivity index (χ0) is 19.8. The third-order valence-corrected chi connectivity index (χ3v) is 5.72. The van der Waals surface area contributed by atoms with Gasteiger partial charge in [0.15, 0.2) is 6.67 Å². The number of amides is 3. The molecule has 2 N–H and O–H groups in total. The number of nitrogens with one attached hydrogen (secondary N) is 2. The molecule has 1 heterocycles. The van der Waals surface area contributed by atoms with Crippen molar-refractivity contribution in [1.82, 2.24) is 10.2 Å². The number of rotatable bonds is 4. The SMILES string of the molecule is C[C@H]1CCCC[C@]12NC(=O)N(C[NH+](C)Cc1ccc(C(F)(F)F)cc1)C2=O. The molecule has 5 nitrogen and oxygen atoms in total. The molecule has 1 saturated carbocycles. The summed E-state index contributed by atoms with van der Waals surface area (Å²) in [4.78, 5) is 27.4. The quantitative estimate of drug-likeness (QED) is 0.782. The molecule has 0 radical (unpaired) electrons. The van der Waals surface area contributed by atoms with Crippen molar-refractivity contribution >= 4 is 11.9 Å². The van der Waals surface area contributed by atoms with E-state index in [0.717, 1.165) is 36.3 Å². The Hall–Kier alpha value is -2.09. The minimum absolute atomic E-state index is 0.0999. The summed E-state index contributed by atoms with van der Waals surface area (Å²) in [5, 5.41) is 2.91. The Morgan fingerprint density at radius 1 is 1.22 bits per heavy atom. The number of carbonyl (C=O) groups is 2. The molecular formula is C19H25F3N3O2+. The maximum atomic E-state index is 13.0. The van der Waals surface area contributed by atoms with Crippen molar-refractivity contribution in [3.05, 3.63) is 35.4 Å². The zero-order valence-corrected chi connectivity index (χ0v) is 15.5. The Bertz CT molecular complexity index is 720. The lowest BCUT2D eigenvalue weighted by molar-refractivity contribution is -0.901. The average molecular weight is 384 g/mol. The fourth-order valence-electron chi connectivity index (χ4n) is 4.12. The van der Waals surface area contributed by atoms with Gasteiger partial charge in [0.2, 0.25) is 0 Å². The van der Waals surface area contributed by atoms with Gasteiger partial charge < -0.3 is 10.2 Å². The number of carbonyl (C=O) groups excluding carboxylic acids is 2. The van der Waals surface area contributed by atoms with E-state index >= 15 is 0 Å². The topological polar surface area (TPSA) is 53.9 Å². The number of urea groups is 1. The summed E-state index contributed by atoms with van der Waals surface area (Å²) >= 11 is 0. The van der Waals surface area contributed by atoms with E-state index in [1.807, 2.05) is 14.0 Å². The summed E-state index contributed by atoms with van der Waals surface area (Å²) in [5.74, 6) is -0.0746. The van der Waals surface area contributed by atoms with Crippen molar-refractivity contribution in [3.63, 3.8) is 0 Å². The molecule has 8 heteroatoms. The maximum Gasteiger partial charge on any atom is 0.416 e. The number of hydrogen-bond donors (Lipinski definition) is 2. The van der Waals surface area contributed by atoms with Gasteiger partial charge in [0.25, 0.3) is 5.91 Å². The van der Waals surface area contributed by atoms with E-state index < -0.39 is 17.3 Å². The summed E-state index contributed by atoms with van der Waals surface area (Å²) < 4.78 is 38.0. The summed E-state index contributed by atoms with van der Waals surface area (Å²) in [6.45, 7) is 2.59. The van der Waals surface area contributed by atoms with Crippen molar-refractivity contribution in [3.8, 4) is 0 Å². The monoisotopic (exact) mass is 384 g/mol. The number of imide groups is 1. The molecule has 1 aromatic rings. The molecule has 1 aliphatic carbocycles. The Balaban J connectivity index is 1.64. The molecule has 1 aromatic carbocycles. The molecule has 3 rings (SSSR count). The standard InChI is InChI=1S/C19H24F3N3O2/c1-13-5-3-4-10-18(13)16(26)25(17(27)23-18)12-24(2)11-14-6-8-15(9-7-14)19(20,21)22/h6-9,13H,3-5,10-12H2,1-2H3,(H,23,27)/p+1/t13-,18-/m0/s1. The average Bonchev–Trinajstić information content (AvgIpc) is 2.82. The van der Waals surface area contributed by atoms with Crippen LogP contribution >= 0.6 is 0 Å². The van der Waals surface area contributed by atoms with Crippen molar-refractivity contribution in [2.75, 3.05) is 13.7 Å². The first kappa shape index (κ1) is 19.7. The van der Waals surface area contributed by atoms with Gasteiger partial charge in [-0.15, -0.1) is 0 Å². The van der Waals surface area contributed by atoms with Crippen molar-refractivity contribution in [2.24, 2.45) is 5.92 Å². The number of hydrogen-bond acceptors (Lipinski definition) is 2. The van der Waals surface area contributed by atoms with Crippen LogP contribution in [0.3, 0.4) is 0 Å². The van der Waals surface area contributed by atoms with Crippen LogP contribution in [0.4, 0.5) is 18.0 Å². The summed E-state index contributed by atoms with van der Waals surface area (Å²) in [7, 11) is 1.81. The second-order valence-corrected chi connectivity index (χ2v) is 7.77. The number of nitrogens with zero attached hydrogens (tertiary/aromatic N) is 1. The van der Waals surface area contributed by atoms with Crippen LogP contribution in [0.15, 0.2) is 24.3 Å². The van der Waals surface area contributed by atoms with Crippen LogP contribution in [0.25, 0.3) is 0 Å². The number of halogens is 3. The van der Waals surface area contributed by atoms with Crippen LogP contribution in [0.2, 0.25) is 0 Å². The van der Waals surface area contributed by atoms with E-state index in [-0.39, 0.29) is 24.5 Å². The smallest absolute Gasteiger partial charge is 0.323 e. The normalized spacial score (nSPS) is 27.1. The lowest BCUT2D eigenvalue weighted by Crippen LogP contribution is -3.09. The van der Waals surface area contributed by atoms with Crippen LogP contribution in [-0.4, -0.2) is 36.1 Å². The van der Waals surface area contributed by atoms with Gasteiger partial charge in [0.05, 0.1) is 12.6 Å². The predicted octanol–water partition coefficient (Wildman–Crippen LogP) is 2.18. The molecule has 0 aromatic heterocycles. The van der Waals surface area contributed by atoms with Crippen LogP contribution < -0.4 is 10.2 Å². The third kappa shape index (κ3) is 3.81. The molecule has 1 saturated heterocycles. The van der Waals surface area contributed by atoms with Gasteiger partial charge in [-0.25, -0.2) is 9.69 Å². The minimum Gasteiger partial charge on any atom is -0.323 e. The van der Waals surface area contributed by atoms with Crippen molar-refractivity contribution in [1.29, 1.82) is 0 Å². The van der Waals surface area contributed by atoms with E-state index in [2.05, 4.69) is 5.32 Å². The van der Waals surface area contributed by atoms with Crippen LogP contribution in [-0.2, 0) is 17.5 Å². The van der Waals surface area contributed by atoms with Crippen molar-refractivity contribution in [2.45, 2.75) is 50.9 Å². The van der Waals surface area contributed by atoms with Crippen molar-refractivity contribution < 1.29 is 27.7 Å². The number of benzene rings is 1. The van der Waals surface area contributed by atoms with Crippen LogP contribution in [0.5, 0.6) is 0 Å². The highest BCUT2D eigenvalue weighted by atomic mass is 19.4. The summed E-state index contributed by atoms with van der Waals surface area (Å²) in [6.07, 6.45) is -0.812. The Labute approximate surface area is 156 Å². The van der Waals surface area contributed by atoms with Gasteiger partial charge in [-0.05, 0) is 30.9 Å². The first-order chi connectivity index (χ1) is 12.6. The van der Waals surface area contributed by atoms with Gasteiger partial charge in [-0.1, -0.05) is 31.9 Å². The molecule has 1 aliphatic heterocycles. The third-order valence-electron chi connectivity index (χ3n) is 5.72. The van der Waals surface area contributed by atoms with E-state index in [9.17, 15) is 22.8 Å². The molecule has 2 aliphatic rings. The molecule has 2 fully saturated rings. The summed E-state index contributed by atoms with van der Waals surface area (Å²) in [5.41, 5.74) is -0.760. The lowest BCUT2D eigenvalue weighted by atomic mass is 9.73. The Morgan fingerprint density at radius 2 is 1.89 bits per heavy atom. The minimum atomic E-state index is -4.36. The molecule has 27 heavy (non-hydrogen) atoms. The number of quaternary nitrogens is 1. The second-order valence-electron chi connectivity index (χ2n) is 7.77. The molecule has 3 atom stereocenters. The highest BCUT2D eigenvalue weighted by molar-refractivity contribution is 6.07. The van der Waals surface area contributed by atoms with Crippen LogP contribution in [0.1, 0.15) is 43.7 Å². The van der Waals surface area contributed by atoms with Gasteiger partial charge in [-0.2, -0.15) is 13.2 Å². The van der Waals surface area contributed by atoms with E-state index in [1.165, 1.54) is 17.0 Å². The lowest BCUT2D eigenvalue weighted by Gasteiger charge is -2.36. The molecule has 0 bridgehead atoms. The first-order valence-corrected chi connectivity index (χ1v) is 9.25. The zero-order valence-electron chi connectivity index (χ0n) is 15.5. The van der Waals surface area contributed by atoms with E-state index in [0.29, 0.717) is 18.5 Å². The Morgan fingerprint density at radius 3 is 2.48 bits per heavy atom. The summed E-state index contributed by atoms with van der Waals surface area (Å²) in [6, 6.07) is 4.59. The number of alkyl halides is 3. The first-order valence-electron chi connectivity index (χ1n) is 9.25. The van der Waals surface area contributed by atoms with Crippen LogP contribution in [0, 0.1) is 5.92 Å². The van der Waals surface area contributed by atoms with Gasteiger partial charge in [-0.3, -0.25) is 4.79 Å². The fraction of sp³-hybridized carbons (Fsp3) is 0.579. The van der Waals surface area contributed by atoms with Gasteiger partial charge >= 0.3 is 12.2 Å². The van der Waals surface area contributed by atoms with Gasteiger partial charge in [0, 0.05) is 5.56 Å². The molecule has 1 unspecified atom stereocenters. The largest absolute Gasteiger partial charge is 0.416 e. The van der Waals surface area contributed by atoms with E-state index in [4.69, 9.17) is 0 Å². The molecular weight excluding hydrogens is 359 g/mol. The fourth-order valence-corrected chi connectivity index (χ4v) is 4.12. The maximum absolute atomic E-state index is 13.0. The molecule has 1 spiro atoms. The van der Waals surface area contributed by atoms with E-state index in [1.54, 1.807) is 0 Å². The Kier molecular flexibility index (Phi) is 5.20. The highest BCUT2D eigenvalue weighted by Crippen LogP contribution is 2.37. The molecule has 3 amide bonds.